The standard InChI is InChI=1S/C20H20N4O2/c1-14-4-3-5-16(12-14)20(25)22-19-11-10-18(23-24-19)21-13-15-6-8-17(26-2)9-7-15/h3-12H,13H2,1-2H3,(H,21,23)(H,22,24,25). The number of methoxy groups -OCH3 is 1. The lowest BCUT2D eigenvalue weighted by atomic mass is 10.1. The van der Waals surface area contributed by atoms with Crippen molar-refractivity contribution < 1.29 is 9.53 Å². The van der Waals surface area contributed by atoms with Crippen LogP contribution in [0.1, 0.15) is 21.5 Å². The van der Waals surface area contributed by atoms with E-state index in [0.717, 1.165) is 16.9 Å². The molecule has 3 aromatic rings. The van der Waals surface area contributed by atoms with Gasteiger partial charge in [-0.2, -0.15) is 0 Å². The molecule has 0 aliphatic heterocycles. The van der Waals surface area contributed by atoms with E-state index in [0.29, 0.717) is 23.7 Å². The molecular weight excluding hydrogens is 328 g/mol. The first kappa shape index (κ1) is 17.4. The lowest BCUT2D eigenvalue weighted by Crippen LogP contribution is -2.13. The number of aromatic nitrogens is 2. The molecule has 0 bridgehead atoms. The molecule has 1 heterocycles. The minimum atomic E-state index is -0.207. The van der Waals surface area contributed by atoms with Crippen molar-refractivity contribution in [2.75, 3.05) is 17.7 Å². The van der Waals surface area contributed by atoms with Crippen molar-refractivity contribution in [3.8, 4) is 5.75 Å². The van der Waals surface area contributed by atoms with E-state index in [-0.39, 0.29) is 5.91 Å². The molecule has 2 N–H and O–H groups in total. The lowest BCUT2D eigenvalue weighted by molar-refractivity contribution is 0.102. The van der Waals surface area contributed by atoms with Crippen LogP contribution in [0.3, 0.4) is 0 Å². The van der Waals surface area contributed by atoms with Gasteiger partial charge in [0.2, 0.25) is 0 Å². The molecule has 0 fully saturated rings. The Morgan fingerprint density at radius 2 is 1.73 bits per heavy atom. The summed E-state index contributed by atoms with van der Waals surface area (Å²) in [5.74, 6) is 1.66. The predicted octanol–water partition coefficient (Wildman–Crippen LogP) is 3.66. The second kappa shape index (κ2) is 8.11. The Bertz CT molecular complexity index is 877. The highest BCUT2D eigenvalue weighted by atomic mass is 16.5. The highest BCUT2D eigenvalue weighted by molar-refractivity contribution is 6.03. The van der Waals surface area contributed by atoms with E-state index < -0.39 is 0 Å². The van der Waals surface area contributed by atoms with E-state index in [1.165, 1.54) is 0 Å². The Morgan fingerprint density at radius 1 is 1.00 bits per heavy atom. The molecule has 1 amide bonds. The van der Waals surface area contributed by atoms with Crippen molar-refractivity contribution in [1.82, 2.24) is 10.2 Å². The van der Waals surface area contributed by atoms with Crippen molar-refractivity contribution in [2.24, 2.45) is 0 Å². The maximum atomic E-state index is 12.2. The van der Waals surface area contributed by atoms with Gasteiger partial charge >= 0.3 is 0 Å². The van der Waals surface area contributed by atoms with Crippen LogP contribution in [-0.4, -0.2) is 23.2 Å². The van der Waals surface area contributed by atoms with Gasteiger partial charge < -0.3 is 15.4 Å². The van der Waals surface area contributed by atoms with Gasteiger partial charge in [0.25, 0.3) is 5.91 Å². The molecule has 2 aromatic carbocycles. The summed E-state index contributed by atoms with van der Waals surface area (Å²) in [5, 5.41) is 14.1. The van der Waals surface area contributed by atoms with Crippen LogP contribution < -0.4 is 15.4 Å². The number of hydrogen-bond donors (Lipinski definition) is 2. The SMILES string of the molecule is COc1ccc(CNc2ccc(NC(=O)c3cccc(C)c3)nn2)cc1. The summed E-state index contributed by atoms with van der Waals surface area (Å²) in [6.45, 7) is 2.56. The predicted molar refractivity (Wildman–Crippen MR) is 101 cm³/mol. The fourth-order valence-electron chi connectivity index (χ4n) is 2.40. The number of benzene rings is 2. The van der Waals surface area contributed by atoms with Crippen LogP contribution in [-0.2, 0) is 6.54 Å². The number of nitrogens with zero attached hydrogens (tertiary/aromatic N) is 2. The Balaban J connectivity index is 1.56. The third-order valence-electron chi connectivity index (χ3n) is 3.82. The quantitative estimate of drug-likeness (QED) is 0.711. The summed E-state index contributed by atoms with van der Waals surface area (Å²) in [7, 11) is 1.64. The summed E-state index contributed by atoms with van der Waals surface area (Å²) < 4.78 is 5.14. The first-order chi connectivity index (χ1) is 12.6. The molecule has 0 aliphatic carbocycles. The molecule has 6 heteroatoms. The molecule has 1 aromatic heterocycles. The third-order valence-corrected chi connectivity index (χ3v) is 3.82. The highest BCUT2D eigenvalue weighted by Crippen LogP contribution is 2.13. The molecule has 0 aliphatic rings. The lowest BCUT2D eigenvalue weighted by Gasteiger charge is -2.08. The molecule has 0 atom stereocenters. The van der Waals surface area contributed by atoms with E-state index in [2.05, 4.69) is 20.8 Å². The molecule has 0 spiro atoms. The van der Waals surface area contributed by atoms with E-state index >= 15 is 0 Å². The second-order valence-electron chi connectivity index (χ2n) is 5.83. The molecule has 0 unspecified atom stereocenters. The number of hydrogen-bond acceptors (Lipinski definition) is 5. The van der Waals surface area contributed by atoms with Gasteiger partial charge in [-0.1, -0.05) is 29.8 Å². The number of amides is 1. The molecular formula is C20H20N4O2. The van der Waals surface area contributed by atoms with Gasteiger partial charge in [-0.15, -0.1) is 10.2 Å². The fourth-order valence-corrected chi connectivity index (χ4v) is 2.40. The van der Waals surface area contributed by atoms with Gasteiger partial charge in [0.05, 0.1) is 7.11 Å². The normalized spacial score (nSPS) is 10.2. The van der Waals surface area contributed by atoms with Crippen LogP contribution >= 0.6 is 0 Å². The van der Waals surface area contributed by atoms with Crippen LogP contribution in [0.2, 0.25) is 0 Å². The average molecular weight is 348 g/mol. The first-order valence-electron chi connectivity index (χ1n) is 8.22. The second-order valence-corrected chi connectivity index (χ2v) is 5.83. The molecule has 0 saturated carbocycles. The van der Waals surface area contributed by atoms with Gasteiger partial charge in [0, 0.05) is 12.1 Å². The van der Waals surface area contributed by atoms with Gasteiger partial charge in [-0.3, -0.25) is 4.79 Å². The van der Waals surface area contributed by atoms with Crippen molar-refractivity contribution in [2.45, 2.75) is 13.5 Å². The summed E-state index contributed by atoms with van der Waals surface area (Å²) in [5.41, 5.74) is 2.72. The van der Waals surface area contributed by atoms with Crippen molar-refractivity contribution in [3.63, 3.8) is 0 Å². The Hall–Kier alpha value is -3.41. The molecule has 0 saturated heterocycles. The number of rotatable bonds is 6. The highest BCUT2D eigenvalue weighted by Gasteiger charge is 2.07. The van der Waals surface area contributed by atoms with Crippen LogP contribution in [0.25, 0.3) is 0 Å². The summed E-state index contributed by atoms with van der Waals surface area (Å²) in [4.78, 5) is 12.2. The number of carbonyl (C=O) groups is 1. The number of aryl methyl sites for hydroxylation is 1. The zero-order valence-corrected chi connectivity index (χ0v) is 14.7. The number of ether oxygens (including phenoxy) is 1. The third kappa shape index (κ3) is 4.57. The number of carbonyl (C=O) groups excluding carboxylic acids is 1. The monoisotopic (exact) mass is 348 g/mol. The summed E-state index contributed by atoms with van der Waals surface area (Å²) >= 11 is 0. The van der Waals surface area contributed by atoms with Gasteiger partial charge in [-0.25, -0.2) is 0 Å². The van der Waals surface area contributed by atoms with E-state index in [4.69, 9.17) is 4.74 Å². The van der Waals surface area contributed by atoms with E-state index in [9.17, 15) is 4.79 Å². The minimum Gasteiger partial charge on any atom is -0.497 e. The Morgan fingerprint density at radius 3 is 2.38 bits per heavy atom. The Labute approximate surface area is 152 Å². The molecule has 0 radical (unpaired) electrons. The average Bonchev–Trinajstić information content (AvgIpc) is 2.68. The Kier molecular flexibility index (Phi) is 5.43. The smallest absolute Gasteiger partial charge is 0.256 e. The minimum absolute atomic E-state index is 0.207. The van der Waals surface area contributed by atoms with Crippen LogP contribution in [0.4, 0.5) is 11.6 Å². The maximum Gasteiger partial charge on any atom is 0.256 e. The molecule has 26 heavy (non-hydrogen) atoms. The van der Waals surface area contributed by atoms with Crippen molar-refractivity contribution in [3.05, 3.63) is 77.4 Å². The molecule has 6 nitrogen and oxygen atoms in total. The van der Waals surface area contributed by atoms with Crippen molar-refractivity contribution in [1.29, 1.82) is 0 Å². The molecule has 3 rings (SSSR count). The van der Waals surface area contributed by atoms with Gasteiger partial charge in [0.1, 0.15) is 11.6 Å². The van der Waals surface area contributed by atoms with E-state index in [1.54, 1.807) is 25.3 Å². The topological polar surface area (TPSA) is 76.1 Å². The first-order valence-corrected chi connectivity index (χ1v) is 8.22. The fraction of sp³-hybridized carbons (Fsp3) is 0.150. The zero-order chi connectivity index (χ0) is 18.4. The molecule has 132 valence electrons. The van der Waals surface area contributed by atoms with Crippen molar-refractivity contribution >= 4 is 17.5 Å². The number of nitrogens with one attached hydrogen (secondary N) is 2. The van der Waals surface area contributed by atoms with Crippen LogP contribution in [0, 0.1) is 6.92 Å². The zero-order valence-electron chi connectivity index (χ0n) is 14.7. The van der Waals surface area contributed by atoms with Crippen LogP contribution in [0.5, 0.6) is 5.75 Å². The maximum absolute atomic E-state index is 12.2. The summed E-state index contributed by atoms with van der Waals surface area (Å²) in [6, 6.07) is 18.7. The number of anilines is 2. The largest absolute Gasteiger partial charge is 0.497 e. The van der Waals surface area contributed by atoms with Crippen LogP contribution in [0.15, 0.2) is 60.7 Å². The van der Waals surface area contributed by atoms with Gasteiger partial charge in [0.15, 0.2) is 5.82 Å². The van der Waals surface area contributed by atoms with Gasteiger partial charge in [-0.05, 0) is 48.9 Å². The van der Waals surface area contributed by atoms with E-state index in [1.807, 2.05) is 49.4 Å². The summed E-state index contributed by atoms with van der Waals surface area (Å²) in [6.07, 6.45) is 0.